The second-order valence-corrected chi connectivity index (χ2v) is 10.3. The van der Waals surface area contributed by atoms with E-state index in [4.69, 9.17) is 4.75 Å². The quantitative estimate of drug-likeness (QED) is 0.645. The number of thioether (sulfide) groups is 1. The Morgan fingerprint density at radius 3 is 2.31 bits per heavy atom. The highest BCUT2D eigenvalue weighted by Gasteiger charge is 2.28. The van der Waals surface area contributed by atoms with Crippen molar-refractivity contribution in [3.63, 3.8) is 0 Å². The molecule has 8 heteroatoms. The third-order valence-electron chi connectivity index (χ3n) is 3.87. The average Bonchev–Trinajstić information content (AvgIpc) is 3.33. The second-order valence-electron chi connectivity index (χ2n) is 5.73. The fourth-order valence-electron chi connectivity index (χ4n) is 2.65. The van der Waals surface area contributed by atoms with Gasteiger partial charge in [-0.05, 0) is 12.1 Å². The summed E-state index contributed by atoms with van der Waals surface area (Å²) >= 11 is 1.50. The molecule has 132 valence electrons. The van der Waals surface area contributed by atoms with Crippen molar-refractivity contribution in [2.75, 3.05) is 18.1 Å². The first-order valence-corrected chi connectivity index (χ1v) is 12.0. The van der Waals surface area contributed by atoms with Crippen LogP contribution in [0.2, 0.25) is 0 Å². The molecule has 1 aliphatic rings. The van der Waals surface area contributed by atoms with E-state index in [9.17, 15) is 8.42 Å². The molecule has 2 aromatic carbocycles. The number of rotatable bonds is 5. The molecule has 0 radical (unpaired) electrons. The van der Waals surface area contributed by atoms with Crippen LogP contribution in [-0.2, 0) is 9.84 Å². The van der Waals surface area contributed by atoms with Gasteiger partial charge in [0.05, 0.1) is 5.04 Å². The maximum Gasteiger partial charge on any atom is 0.204 e. The Hall–Kier alpha value is -1.95. The van der Waals surface area contributed by atoms with Crippen LogP contribution >= 0.6 is 19.6 Å². The molecule has 2 heterocycles. The van der Waals surface area contributed by atoms with Crippen molar-refractivity contribution < 1.29 is 8.42 Å². The molecular formula is C18H16N3O2PS2. The topological polar surface area (TPSA) is 72.3 Å². The molecule has 1 atom stereocenters. The molecule has 3 aromatic rings. The molecule has 0 saturated heterocycles. The fraction of sp³-hybridized carbons (Fsp3) is 0.167. The highest BCUT2D eigenvalue weighted by Crippen LogP contribution is 2.40. The maximum atomic E-state index is 13.1. The molecule has 1 aliphatic heterocycles. The van der Waals surface area contributed by atoms with Crippen LogP contribution in [0, 0.1) is 0 Å². The van der Waals surface area contributed by atoms with Gasteiger partial charge in [-0.15, -0.1) is 11.8 Å². The zero-order valence-electron chi connectivity index (χ0n) is 13.8. The van der Waals surface area contributed by atoms with Crippen molar-refractivity contribution >= 4 is 34.5 Å². The Bertz CT molecular complexity index is 1050. The zero-order chi connectivity index (χ0) is 18.0. The van der Waals surface area contributed by atoms with Crippen LogP contribution in [0.5, 0.6) is 0 Å². The lowest BCUT2D eigenvalue weighted by molar-refractivity contribution is 0.598. The summed E-state index contributed by atoms with van der Waals surface area (Å²) in [5.74, 6) is 0.744. The third kappa shape index (κ3) is 3.61. The fourth-order valence-corrected chi connectivity index (χ4v) is 7.24. The SMILES string of the molecule is O=S(=O)(CC1=NCCS1)c1np(-c2ccccc2)nc1-c1ccccc1. The monoisotopic (exact) mass is 401 g/mol. The van der Waals surface area contributed by atoms with E-state index >= 15 is 0 Å². The lowest BCUT2D eigenvalue weighted by Gasteiger charge is -2.03. The van der Waals surface area contributed by atoms with Crippen LogP contribution in [0.1, 0.15) is 0 Å². The standard InChI is InChI=1S/C18H16N3O2PS2/c22-26(23,13-16-19-11-12-25-16)18-17(14-7-3-1-4-8-14)20-24(21-18)15-9-5-2-6-10-15/h1-10H,11-13H2. The van der Waals surface area contributed by atoms with Gasteiger partial charge in [0.15, 0.2) is 5.03 Å². The van der Waals surface area contributed by atoms with Gasteiger partial charge in [-0.2, -0.15) is 4.75 Å². The van der Waals surface area contributed by atoms with Gasteiger partial charge in [-0.25, -0.2) is 13.2 Å². The summed E-state index contributed by atoms with van der Waals surface area (Å²) in [4.78, 5) is 4.28. The highest BCUT2D eigenvalue weighted by molar-refractivity contribution is 8.15. The van der Waals surface area contributed by atoms with Gasteiger partial charge in [0.2, 0.25) is 9.84 Å². The number of benzene rings is 2. The summed E-state index contributed by atoms with van der Waals surface area (Å²) in [6.07, 6.45) is 0. The minimum atomic E-state index is -3.60. The van der Waals surface area contributed by atoms with Crippen LogP contribution in [0.25, 0.3) is 16.6 Å². The van der Waals surface area contributed by atoms with Crippen molar-refractivity contribution in [3.8, 4) is 16.6 Å². The van der Waals surface area contributed by atoms with Gasteiger partial charge < -0.3 is 0 Å². The number of sulfone groups is 1. The normalized spacial score (nSPS) is 15.1. The first-order chi connectivity index (χ1) is 12.6. The summed E-state index contributed by atoms with van der Waals surface area (Å²) < 4.78 is 35.4. The van der Waals surface area contributed by atoms with Gasteiger partial charge in [-0.1, -0.05) is 48.5 Å². The Labute approximate surface area is 157 Å². The molecule has 0 spiro atoms. The second kappa shape index (κ2) is 7.35. The van der Waals surface area contributed by atoms with E-state index in [1.165, 1.54) is 11.8 Å². The predicted octanol–water partition coefficient (Wildman–Crippen LogP) is 4.04. The van der Waals surface area contributed by atoms with E-state index in [-0.39, 0.29) is 10.8 Å². The van der Waals surface area contributed by atoms with E-state index in [0.717, 1.165) is 16.6 Å². The summed E-state index contributed by atoms with van der Waals surface area (Å²) in [6, 6.07) is 19.0. The van der Waals surface area contributed by atoms with Gasteiger partial charge in [-0.3, -0.25) is 4.99 Å². The van der Waals surface area contributed by atoms with Gasteiger partial charge in [0.1, 0.15) is 19.3 Å². The number of aromatic nitrogens is 2. The number of aliphatic imine (C=N–C) groups is 1. The first-order valence-electron chi connectivity index (χ1n) is 8.10. The molecule has 26 heavy (non-hydrogen) atoms. The van der Waals surface area contributed by atoms with E-state index in [2.05, 4.69) is 9.74 Å². The Balaban J connectivity index is 1.83. The largest absolute Gasteiger partial charge is 0.281 e. The zero-order valence-corrected chi connectivity index (χ0v) is 16.3. The molecule has 4 rings (SSSR count). The van der Waals surface area contributed by atoms with Crippen molar-refractivity contribution in [3.05, 3.63) is 60.7 Å². The molecule has 0 aliphatic carbocycles. The van der Waals surface area contributed by atoms with Crippen molar-refractivity contribution in [1.82, 2.24) is 9.49 Å². The van der Waals surface area contributed by atoms with Gasteiger partial charge in [0, 0.05) is 23.2 Å². The van der Waals surface area contributed by atoms with Crippen LogP contribution < -0.4 is 0 Å². The lowest BCUT2D eigenvalue weighted by atomic mass is 10.2. The first kappa shape index (κ1) is 17.5. The summed E-state index contributed by atoms with van der Waals surface area (Å²) in [7, 11) is -4.87. The molecule has 5 nitrogen and oxygen atoms in total. The van der Waals surface area contributed by atoms with E-state index in [1.54, 1.807) is 0 Å². The third-order valence-corrected chi connectivity index (χ3v) is 8.25. The van der Waals surface area contributed by atoms with E-state index < -0.39 is 17.7 Å². The Morgan fingerprint density at radius 2 is 1.65 bits per heavy atom. The number of hydrogen-bond donors (Lipinski definition) is 0. The molecule has 1 unspecified atom stereocenters. The number of nitrogens with zero attached hydrogens (tertiary/aromatic N) is 3. The summed E-state index contributed by atoms with van der Waals surface area (Å²) in [6.45, 7) is 0.679. The maximum absolute atomic E-state index is 13.1. The Kier molecular flexibility index (Phi) is 4.94. The van der Waals surface area contributed by atoms with Crippen LogP contribution in [0.3, 0.4) is 0 Å². The molecule has 0 saturated carbocycles. The summed E-state index contributed by atoms with van der Waals surface area (Å²) in [5.41, 5.74) is 1.24. The Morgan fingerprint density at radius 1 is 0.962 bits per heavy atom. The lowest BCUT2D eigenvalue weighted by Crippen LogP contribution is -2.14. The molecule has 0 fully saturated rings. The molecule has 0 N–H and O–H groups in total. The van der Waals surface area contributed by atoms with Crippen molar-refractivity contribution in [2.24, 2.45) is 4.99 Å². The van der Waals surface area contributed by atoms with E-state index in [0.29, 0.717) is 17.3 Å². The van der Waals surface area contributed by atoms with Crippen LogP contribution in [0.4, 0.5) is 0 Å². The molecule has 0 amide bonds. The molecule has 0 bridgehead atoms. The molecule has 1 aromatic heterocycles. The van der Waals surface area contributed by atoms with Gasteiger partial charge >= 0.3 is 0 Å². The van der Waals surface area contributed by atoms with Crippen molar-refractivity contribution in [1.29, 1.82) is 0 Å². The van der Waals surface area contributed by atoms with Crippen LogP contribution in [0.15, 0.2) is 70.7 Å². The minimum Gasteiger partial charge on any atom is -0.281 e. The number of hydrogen-bond acceptors (Lipinski definition) is 6. The predicted molar refractivity (Wildman–Crippen MR) is 108 cm³/mol. The molecular weight excluding hydrogens is 385 g/mol. The van der Waals surface area contributed by atoms with E-state index in [1.807, 2.05) is 60.7 Å². The highest BCUT2D eigenvalue weighted by atomic mass is 32.2. The van der Waals surface area contributed by atoms with Crippen LogP contribution in [-0.4, -0.2) is 41.0 Å². The van der Waals surface area contributed by atoms with Gasteiger partial charge in [0.25, 0.3) is 0 Å². The smallest absolute Gasteiger partial charge is 0.204 e. The minimum absolute atomic E-state index is 0.0915. The summed E-state index contributed by atoms with van der Waals surface area (Å²) in [5, 5.41) is 1.69. The average molecular weight is 401 g/mol. The van der Waals surface area contributed by atoms with Crippen molar-refractivity contribution in [2.45, 2.75) is 5.03 Å².